The Kier molecular flexibility index (Phi) is 8.43. The predicted molar refractivity (Wildman–Crippen MR) is 151 cm³/mol. The average molecular weight is 535 g/mol. The Balaban J connectivity index is 1.37. The number of amides is 2. The second-order valence-corrected chi connectivity index (χ2v) is 11.4. The van der Waals surface area contributed by atoms with Gasteiger partial charge in [-0.05, 0) is 74.9 Å². The summed E-state index contributed by atoms with van der Waals surface area (Å²) in [6.07, 6.45) is 2.39. The van der Waals surface area contributed by atoms with E-state index < -0.39 is 0 Å². The van der Waals surface area contributed by atoms with Crippen molar-refractivity contribution in [3.63, 3.8) is 0 Å². The second kappa shape index (κ2) is 12.0. The van der Waals surface area contributed by atoms with E-state index in [0.717, 1.165) is 30.1 Å². The van der Waals surface area contributed by atoms with Crippen molar-refractivity contribution in [1.82, 2.24) is 19.6 Å². The maximum atomic E-state index is 13.5. The van der Waals surface area contributed by atoms with Crippen molar-refractivity contribution in [2.45, 2.75) is 51.7 Å². The van der Waals surface area contributed by atoms with E-state index >= 15 is 0 Å². The van der Waals surface area contributed by atoms with Gasteiger partial charge in [0, 0.05) is 63.5 Å². The molecule has 1 unspecified atom stereocenters. The lowest BCUT2D eigenvalue weighted by Crippen LogP contribution is -2.57. The molecule has 1 saturated carbocycles. The Morgan fingerprint density at radius 2 is 1.59 bits per heavy atom. The van der Waals surface area contributed by atoms with Gasteiger partial charge in [-0.15, -0.1) is 0 Å². The molecular weight excluding hydrogens is 492 g/mol. The Morgan fingerprint density at radius 3 is 2.26 bits per heavy atom. The molecule has 2 amide bonds. The molecule has 5 rings (SSSR count). The Hall–Kier alpha value is -3.10. The first-order valence-electron chi connectivity index (χ1n) is 14.4. The molecule has 0 aromatic heterocycles. The molecule has 0 spiro atoms. The lowest BCUT2D eigenvalue weighted by Gasteiger charge is -2.48. The van der Waals surface area contributed by atoms with E-state index in [4.69, 9.17) is 4.74 Å². The van der Waals surface area contributed by atoms with Crippen LogP contribution in [0.15, 0.2) is 48.5 Å². The third kappa shape index (κ3) is 6.39. The summed E-state index contributed by atoms with van der Waals surface area (Å²) in [5.74, 6) is 1.08. The molecule has 2 heterocycles. The maximum absolute atomic E-state index is 13.5. The molecule has 0 radical (unpaired) electrons. The zero-order valence-corrected chi connectivity index (χ0v) is 23.5. The predicted octanol–water partition coefficient (Wildman–Crippen LogP) is 4.20. The number of nitrogens with zero attached hydrogens (tertiary/aromatic N) is 4. The van der Waals surface area contributed by atoms with Crippen LogP contribution in [0.1, 0.15) is 61.1 Å². The van der Waals surface area contributed by atoms with Crippen molar-refractivity contribution in [3.8, 4) is 5.75 Å². The zero-order valence-electron chi connectivity index (χ0n) is 23.5. The smallest absolute Gasteiger partial charge is 0.409 e. The largest absolute Gasteiger partial charge is 0.508 e. The summed E-state index contributed by atoms with van der Waals surface area (Å²) in [4.78, 5) is 34.3. The molecule has 0 bridgehead atoms. The van der Waals surface area contributed by atoms with Gasteiger partial charge in [-0.2, -0.15) is 0 Å². The molecule has 3 fully saturated rings. The van der Waals surface area contributed by atoms with Crippen molar-refractivity contribution < 1.29 is 19.4 Å². The molecule has 1 aliphatic carbocycles. The minimum Gasteiger partial charge on any atom is -0.508 e. The fourth-order valence-electron chi connectivity index (χ4n) is 6.07. The monoisotopic (exact) mass is 534 g/mol. The number of phenols is 1. The Morgan fingerprint density at radius 1 is 0.923 bits per heavy atom. The Bertz CT molecular complexity index is 1160. The number of hydrogen-bond acceptors (Lipinski definition) is 6. The number of ether oxygens (including phenoxy) is 1. The first-order chi connectivity index (χ1) is 18.8. The van der Waals surface area contributed by atoms with Gasteiger partial charge in [0.05, 0.1) is 12.6 Å². The molecule has 3 aliphatic rings. The summed E-state index contributed by atoms with van der Waals surface area (Å²) < 4.78 is 5.11. The highest BCUT2D eigenvalue weighted by atomic mass is 16.6. The van der Waals surface area contributed by atoms with Gasteiger partial charge < -0.3 is 19.6 Å². The summed E-state index contributed by atoms with van der Waals surface area (Å²) in [7, 11) is 0. The average Bonchev–Trinajstić information content (AvgIpc) is 3.76. The topological polar surface area (TPSA) is 76.6 Å². The minimum atomic E-state index is -0.318. The number of rotatable bonds is 7. The van der Waals surface area contributed by atoms with Gasteiger partial charge in [-0.25, -0.2) is 4.79 Å². The minimum absolute atomic E-state index is 0.0225. The van der Waals surface area contributed by atoms with E-state index in [9.17, 15) is 14.7 Å². The second-order valence-electron chi connectivity index (χ2n) is 11.4. The van der Waals surface area contributed by atoms with Gasteiger partial charge in [0.15, 0.2) is 0 Å². The van der Waals surface area contributed by atoms with Crippen molar-refractivity contribution in [3.05, 3.63) is 65.2 Å². The molecule has 3 atom stereocenters. The van der Waals surface area contributed by atoms with Crippen LogP contribution in [-0.2, 0) is 4.74 Å². The molecule has 2 saturated heterocycles. The lowest BCUT2D eigenvalue weighted by molar-refractivity contribution is 0.0215. The van der Waals surface area contributed by atoms with Crippen LogP contribution >= 0.6 is 0 Å². The standard InChI is InChI=1S/C31H42N4O4/c1-4-39-31(38)33-15-13-32(14-16-33)30(37)27-9-5-7-25(17-27)29(26-8-6-10-28(36)18-26)35-20-22(2)34(19-23(35)3)21-24-11-12-24/h5-10,17-18,22-24,29,36H,4,11-16,19-21H2,1-3H3/t22-,23-,29?/m1/s1. The van der Waals surface area contributed by atoms with Crippen molar-refractivity contribution in [2.75, 3.05) is 52.4 Å². The van der Waals surface area contributed by atoms with Crippen molar-refractivity contribution in [1.29, 1.82) is 0 Å². The van der Waals surface area contributed by atoms with Crippen LogP contribution in [0.25, 0.3) is 0 Å². The van der Waals surface area contributed by atoms with Crippen LogP contribution in [0.2, 0.25) is 0 Å². The third-order valence-electron chi connectivity index (χ3n) is 8.41. The van der Waals surface area contributed by atoms with Gasteiger partial charge in [0.2, 0.25) is 0 Å². The van der Waals surface area contributed by atoms with Gasteiger partial charge in [-0.3, -0.25) is 14.6 Å². The first-order valence-corrected chi connectivity index (χ1v) is 14.4. The SMILES string of the molecule is CCOC(=O)N1CCN(C(=O)c2cccc(C(c3cccc(O)c3)N3C[C@@H](C)N(CC4CC4)C[C@H]3C)c2)CC1. The fraction of sp³-hybridized carbons (Fsp3) is 0.548. The third-order valence-corrected chi connectivity index (χ3v) is 8.41. The highest BCUT2D eigenvalue weighted by Gasteiger charge is 2.37. The quantitative estimate of drug-likeness (QED) is 0.574. The molecule has 1 N–H and O–H groups in total. The van der Waals surface area contributed by atoms with E-state index in [2.05, 4.69) is 35.8 Å². The summed E-state index contributed by atoms with van der Waals surface area (Å²) in [5, 5.41) is 10.4. The van der Waals surface area contributed by atoms with Gasteiger partial charge in [0.25, 0.3) is 5.91 Å². The Labute approximate surface area is 232 Å². The van der Waals surface area contributed by atoms with Crippen molar-refractivity contribution >= 4 is 12.0 Å². The molecule has 39 heavy (non-hydrogen) atoms. The zero-order chi connectivity index (χ0) is 27.5. The number of carbonyl (C=O) groups is 2. The van der Waals surface area contributed by atoms with Crippen LogP contribution in [0.3, 0.4) is 0 Å². The number of hydrogen-bond donors (Lipinski definition) is 1. The molecular formula is C31H42N4O4. The van der Waals surface area contributed by atoms with E-state index in [-0.39, 0.29) is 23.8 Å². The summed E-state index contributed by atoms with van der Waals surface area (Å²) in [5.41, 5.74) is 2.72. The number of carbonyl (C=O) groups excluding carboxylic acids is 2. The van der Waals surface area contributed by atoms with Crippen molar-refractivity contribution in [2.24, 2.45) is 5.92 Å². The highest BCUT2D eigenvalue weighted by Crippen LogP contribution is 2.37. The lowest BCUT2D eigenvalue weighted by atomic mass is 9.92. The summed E-state index contributed by atoms with van der Waals surface area (Å²) in [6.45, 7) is 11.8. The van der Waals surface area contributed by atoms with Crippen LogP contribution in [0, 0.1) is 5.92 Å². The van der Waals surface area contributed by atoms with E-state index in [0.29, 0.717) is 50.4 Å². The van der Waals surface area contributed by atoms with E-state index in [1.807, 2.05) is 35.2 Å². The van der Waals surface area contributed by atoms with Crippen LogP contribution in [0.4, 0.5) is 4.79 Å². The first kappa shape index (κ1) is 27.5. The van der Waals surface area contributed by atoms with Crippen LogP contribution in [-0.4, -0.2) is 101 Å². The maximum Gasteiger partial charge on any atom is 0.409 e. The van der Waals surface area contributed by atoms with Crippen LogP contribution < -0.4 is 0 Å². The number of aromatic hydroxyl groups is 1. The van der Waals surface area contributed by atoms with E-state index in [1.54, 1.807) is 17.9 Å². The van der Waals surface area contributed by atoms with Gasteiger partial charge >= 0.3 is 6.09 Å². The molecule has 2 aliphatic heterocycles. The molecule has 2 aromatic carbocycles. The summed E-state index contributed by atoms with van der Waals surface area (Å²) >= 11 is 0. The molecule has 210 valence electrons. The summed E-state index contributed by atoms with van der Waals surface area (Å²) in [6, 6.07) is 16.1. The molecule has 2 aromatic rings. The fourth-order valence-corrected chi connectivity index (χ4v) is 6.07. The molecule has 8 nitrogen and oxygen atoms in total. The number of benzene rings is 2. The highest BCUT2D eigenvalue weighted by molar-refractivity contribution is 5.94. The number of piperazine rings is 2. The van der Waals surface area contributed by atoms with Gasteiger partial charge in [0.1, 0.15) is 5.75 Å². The van der Waals surface area contributed by atoms with E-state index in [1.165, 1.54) is 19.4 Å². The van der Waals surface area contributed by atoms with Gasteiger partial charge in [-0.1, -0.05) is 24.3 Å². The van der Waals surface area contributed by atoms with Crippen LogP contribution in [0.5, 0.6) is 5.75 Å². The number of phenolic OH excluding ortho intramolecular Hbond substituents is 1. The normalized spacial score (nSPS) is 23.5. The molecule has 8 heteroatoms.